The number of nitrogens with zero attached hydrogens (tertiary/aromatic N) is 4. The number of hydrogen-bond acceptors (Lipinski definition) is 8. The lowest BCUT2D eigenvalue weighted by atomic mass is 10.2. The van der Waals surface area contributed by atoms with Gasteiger partial charge in [-0.2, -0.15) is 4.98 Å². The van der Waals surface area contributed by atoms with Crippen LogP contribution in [0.15, 0.2) is 39.4 Å². The first-order valence-electron chi connectivity index (χ1n) is 9.91. The maximum absolute atomic E-state index is 13.1. The lowest BCUT2D eigenvalue weighted by Crippen LogP contribution is -2.48. The van der Waals surface area contributed by atoms with Crippen molar-refractivity contribution in [2.75, 3.05) is 26.2 Å². The van der Waals surface area contributed by atoms with Gasteiger partial charge in [0.15, 0.2) is 11.5 Å². The van der Waals surface area contributed by atoms with Crippen LogP contribution < -0.4 is 10.6 Å². The van der Waals surface area contributed by atoms with Crippen molar-refractivity contribution in [2.45, 2.75) is 26.1 Å². The number of ether oxygens (including phenoxy) is 1. The van der Waals surface area contributed by atoms with E-state index in [1.54, 1.807) is 25.1 Å². The molecular formula is C20H23FN6O4. The summed E-state index contributed by atoms with van der Waals surface area (Å²) in [5.41, 5.74) is 1.48. The highest BCUT2D eigenvalue weighted by Gasteiger charge is 2.21. The number of amides is 2. The van der Waals surface area contributed by atoms with Gasteiger partial charge in [0.05, 0.1) is 19.3 Å². The molecule has 1 aromatic carbocycles. The molecule has 0 spiro atoms. The Balaban J connectivity index is 1.19. The zero-order valence-corrected chi connectivity index (χ0v) is 17.0. The largest absolute Gasteiger partial charge is 0.374 e. The second-order valence-corrected chi connectivity index (χ2v) is 7.26. The van der Waals surface area contributed by atoms with E-state index in [-0.39, 0.29) is 30.4 Å². The minimum Gasteiger partial charge on any atom is -0.374 e. The van der Waals surface area contributed by atoms with Crippen LogP contribution in [0.1, 0.15) is 17.1 Å². The van der Waals surface area contributed by atoms with Gasteiger partial charge in [-0.15, -0.1) is 0 Å². The third kappa shape index (κ3) is 5.86. The number of halogens is 1. The number of benzene rings is 1. The van der Waals surface area contributed by atoms with Crippen molar-refractivity contribution in [3.8, 4) is 11.6 Å². The normalized spacial score (nSPS) is 16.9. The lowest BCUT2D eigenvalue weighted by Gasteiger charge is -2.33. The van der Waals surface area contributed by atoms with E-state index in [4.69, 9.17) is 13.8 Å². The number of aryl methyl sites for hydroxylation is 1. The van der Waals surface area contributed by atoms with E-state index in [2.05, 4.69) is 30.8 Å². The standard InChI is InChI=1S/C20H23FN6O4/c1-13-8-17(25-30-13)19-24-18(26-31-19)10-23-20(28)22-9-16-12-27(6-7-29-16)11-14-2-4-15(21)5-3-14/h2-5,8,16H,6-7,9-12H2,1H3,(H2,22,23,28)/t16-/m0/s1. The highest BCUT2D eigenvalue weighted by atomic mass is 19.1. The van der Waals surface area contributed by atoms with Crippen LogP contribution in [0.3, 0.4) is 0 Å². The van der Waals surface area contributed by atoms with Gasteiger partial charge in [0.1, 0.15) is 11.6 Å². The molecule has 11 heteroatoms. The second-order valence-electron chi connectivity index (χ2n) is 7.26. The molecule has 1 aliphatic rings. The van der Waals surface area contributed by atoms with E-state index in [0.29, 0.717) is 43.5 Å². The van der Waals surface area contributed by atoms with Gasteiger partial charge in [0.25, 0.3) is 5.89 Å². The van der Waals surface area contributed by atoms with Gasteiger partial charge in [0.2, 0.25) is 0 Å². The molecule has 2 aromatic heterocycles. The Bertz CT molecular complexity index is 1010. The molecule has 0 aliphatic carbocycles. The van der Waals surface area contributed by atoms with Gasteiger partial charge < -0.3 is 24.4 Å². The van der Waals surface area contributed by atoms with Gasteiger partial charge in [-0.25, -0.2) is 9.18 Å². The number of hydrogen-bond donors (Lipinski definition) is 2. The molecular weight excluding hydrogens is 407 g/mol. The monoisotopic (exact) mass is 430 g/mol. The summed E-state index contributed by atoms with van der Waals surface area (Å²) in [5.74, 6) is 0.939. The molecule has 3 heterocycles. The molecule has 0 bridgehead atoms. The SMILES string of the molecule is Cc1cc(-c2nc(CNC(=O)NC[C@H]3CN(Cc4ccc(F)cc4)CCO3)no2)no1. The molecule has 2 N–H and O–H groups in total. The fourth-order valence-electron chi connectivity index (χ4n) is 3.22. The van der Waals surface area contributed by atoms with Crippen molar-refractivity contribution in [2.24, 2.45) is 0 Å². The number of urea groups is 1. The molecule has 164 valence electrons. The van der Waals surface area contributed by atoms with Gasteiger partial charge >= 0.3 is 6.03 Å². The number of aromatic nitrogens is 3. The van der Waals surface area contributed by atoms with E-state index in [1.165, 1.54) is 12.1 Å². The molecule has 4 rings (SSSR count). The maximum atomic E-state index is 13.1. The van der Waals surface area contributed by atoms with Crippen molar-refractivity contribution in [3.05, 3.63) is 53.3 Å². The molecule has 0 saturated carbocycles. The Labute approximate surface area is 177 Å². The Morgan fingerprint density at radius 1 is 1.23 bits per heavy atom. The van der Waals surface area contributed by atoms with E-state index in [9.17, 15) is 9.18 Å². The first kappa shape index (κ1) is 20.9. The van der Waals surface area contributed by atoms with Gasteiger partial charge in [-0.3, -0.25) is 4.90 Å². The van der Waals surface area contributed by atoms with E-state index in [1.807, 2.05) is 0 Å². The Kier molecular flexibility index (Phi) is 6.53. The number of carbonyl (C=O) groups excluding carboxylic acids is 1. The summed E-state index contributed by atoms with van der Waals surface area (Å²) in [5, 5.41) is 13.1. The van der Waals surface area contributed by atoms with Crippen molar-refractivity contribution in [1.29, 1.82) is 0 Å². The maximum Gasteiger partial charge on any atom is 0.315 e. The van der Waals surface area contributed by atoms with E-state index >= 15 is 0 Å². The van der Waals surface area contributed by atoms with E-state index in [0.717, 1.165) is 12.1 Å². The van der Waals surface area contributed by atoms with Crippen molar-refractivity contribution < 1.29 is 23.0 Å². The molecule has 3 aromatic rings. The minimum atomic E-state index is -0.358. The summed E-state index contributed by atoms with van der Waals surface area (Å²) in [4.78, 5) is 18.5. The fraction of sp³-hybridized carbons (Fsp3) is 0.400. The Hall–Kier alpha value is -3.31. The summed E-state index contributed by atoms with van der Waals surface area (Å²) in [6, 6.07) is 7.79. The lowest BCUT2D eigenvalue weighted by molar-refractivity contribution is -0.0287. The zero-order chi connectivity index (χ0) is 21.6. The quantitative estimate of drug-likeness (QED) is 0.583. The number of rotatable bonds is 7. The minimum absolute atomic E-state index is 0.106. The zero-order valence-electron chi connectivity index (χ0n) is 17.0. The van der Waals surface area contributed by atoms with Crippen LogP contribution in [0, 0.1) is 12.7 Å². The average Bonchev–Trinajstić information content (AvgIpc) is 3.42. The third-order valence-electron chi connectivity index (χ3n) is 4.75. The first-order valence-corrected chi connectivity index (χ1v) is 9.91. The highest BCUT2D eigenvalue weighted by Crippen LogP contribution is 2.16. The van der Waals surface area contributed by atoms with Crippen molar-refractivity contribution >= 4 is 6.03 Å². The Morgan fingerprint density at radius 3 is 2.84 bits per heavy atom. The molecule has 1 aliphatic heterocycles. The van der Waals surface area contributed by atoms with Crippen LogP contribution >= 0.6 is 0 Å². The van der Waals surface area contributed by atoms with Crippen molar-refractivity contribution in [1.82, 2.24) is 30.8 Å². The molecule has 1 atom stereocenters. The van der Waals surface area contributed by atoms with Gasteiger partial charge in [-0.05, 0) is 24.6 Å². The molecule has 0 radical (unpaired) electrons. The summed E-state index contributed by atoms with van der Waals surface area (Å²) >= 11 is 0. The van der Waals surface area contributed by atoms with Crippen LogP contribution in [0.2, 0.25) is 0 Å². The summed E-state index contributed by atoms with van der Waals surface area (Å²) < 4.78 is 28.9. The second kappa shape index (κ2) is 9.67. The average molecular weight is 430 g/mol. The van der Waals surface area contributed by atoms with Gasteiger partial charge in [0, 0.05) is 32.2 Å². The summed E-state index contributed by atoms with van der Waals surface area (Å²) in [6.45, 7) is 4.96. The predicted octanol–water partition coefficient (Wildman–Crippen LogP) is 1.87. The Morgan fingerprint density at radius 2 is 2.06 bits per heavy atom. The highest BCUT2D eigenvalue weighted by molar-refractivity contribution is 5.73. The number of morpholine rings is 1. The molecule has 0 unspecified atom stereocenters. The third-order valence-corrected chi connectivity index (χ3v) is 4.75. The fourth-order valence-corrected chi connectivity index (χ4v) is 3.22. The van der Waals surface area contributed by atoms with E-state index < -0.39 is 0 Å². The first-order chi connectivity index (χ1) is 15.0. The summed E-state index contributed by atoms with van der Waals surface area (Å²) in [6.07, 6.45) is -0.132. The van der Waals surface area contributed by atoms with Gasteiger partial charge in [-0.1, -0.05) is 22.4 Å². The van der Waals surface area contributed by atoms with Crippen molar-refractivity contribution in [3.63, 3.8) is 0 Å². The molecule has 2 amide bonds. The van der Waals surface area contributed by atoms with Crippen LogP contribution in [0.25, 0.3) is 11.6 Å². The van der Waals surface area contributed by atoms with Crippen LogP contribution in [-0.2, 0) is 17.8 Å². The van der Waals surface area contributed by atoms with Crippen LogP contribution in [0.5, 0.6) is 0 Å². The molecule has 10 nitrogen and oxygen atoms in total. The molecule has 1 saturated heterocycles. The smallest absolute Gasteiger partial charge is 0.315 e. The van der Waals surface area contributed by atoms with Crippen LogP contribution in [0.4, 0.5) is 9.18 Å². The topological polar surface area (TPSA) is 119 Å². The number of carbonyl (C=O) groups is 1. The summed E-state index contributed by atoms with van der Waals surface area (Å²) in [7, 11) is 0. The molecule has 1 fully saturated rings. The van der Waals surface area contributed by atoms with Crippen LogP contribution in [-0.4, -0.2) is 58.6 Å². The number of nitrogens with one attached hydrogen (secondary N) is 2. The molecule has 31 heavy (non-hydrogen) atoms. The predicted molar refractivity (Wildman–Crippen MR) is 106 cm³/mol.